The molecule has 1 aliphatic rings. The molecule has 1 heterocycles. The third-order valence-electron chi connectivity index (χ3n) is 1.95. The highest BCUT2D eigenvalue weighted by molar-refractivity contribution is 8.93. The highest BCUT2D eigenvalue weighted by atomic mass is 79.9. The summed E-state index contributed by atoms with van der Waals surface area (Å²) in [5.74, 6) is 0. The first-order chi connectivity index (χ1) is 5.57. The lowest BCUT2D eigenvalue weighted by atomic mass is 9.98. The molecule has 1 saturated heterocycles. The Hall–Kier alpha value is 0.240. The third-order valence-corrected chi connectivity index (χ3v) is 1.95. The minimum atomic E-state index is -1.35. The molecule has 1 rings (SSSR count). The highest BCUT2D eigenvalue weighted by Crippen LogP contribution is 2.17. The van der Waals surface area contributed by atoms with Crippen LogP contribution in [0.1, 0.15) is 0 Å². The van der Waals surface area contributed by atoms with Crippen LogP contribution < -0.4 is 5.73 Å². The summed E-state index contributed by atoms with van der Waals surface area (Å²) >= 11 is 0. The van der Waals surface area contributed by atoms with Crippen LogP contribution in [0.2, 0.25) is 0 Å². The predicted octanol–water partition coefficient (Wildman–Crippen LogP) is -2.68. The first-order valence-electron chi connectivity index (χ1n) is 3.64. The summed E-state index contributed by atoms with van der Waals surface area (Å²) in [6.45, 7) is -0.470. The first-order valence-corrected chi connectivity index (χ1v) is 3.64. The maximum Gasteiger partial charge on any atom is 0.173 e. The van der Waals surface area contributed by atoms with E-state index in [9.17, 15) is 10.2 Å². The van der Waals surface area contributed by atoms with E-state index in [1.807, 2.05) is 0 Å². The van der Waals surface area contributed by atoms with Crippen LogP contribution in [0.25, 0.3) is 0 Å². The monoisotopic (exact) mass is 259 g/mol. The van der Waals surface area contributed by atoms with Gasteiger partial charge in [0, 0.05) is 0 Å². The van der Waals surface area contributed by atoms with Gasteiger partial charge in [0.15, 0.2) is 6.29 Å². The Balaban J connectivity index is 0.00000144. The maximum absolute atomic E-state index is 9.20. The van der Waals surface area contributed by atoms with Gasteiger partial charge in [0.05, 0.1) is 12.6 Å². The fourth-order valence-corrected chi connectivity index (χ4v) is 1.12. The van der Waals surface area contributed by atoms with Crippen LogP contribution in [0, 0.1) is 0 Å². The smallest absolute Gasteiger partial charge is 0.173 e. The topological polar surface area (TPSA) is 116 Å². The number of halogens is 1. The predicted molar refractivity (Wildman–Crippen MR) is 48.3 cm³/mol. The summed E-state index contributed by atoms with van der Waals surface area (Å²) in [7, 11) is 0. The standard InChI is InChI=1S/C6H13NO5.BrH/c7-3-5(10)4(9)2(1-8)12-6(3)11;/h2-6,8-11H,1,7H2;1H/t2-,3-,4-,5-,6-;/m1./s1. The zero-order chi connectivity index (χ0) is 9.30. The van der Waals surface area contributed by atoms with Crippen molar-refractivity contribution in [1.82, 2.24) is 0 Å². The summed E-state index contributed by atoms with van der Waals surface area (Å²) in [6.07, 6.45) is -4.85. The Kier molecular flexibility index (Phi) is 5.30. The van der Waals surface area contributed by atoms with E-state index in [1.54, 1.807) is 0 Å². The molecule has 7 heteroatoms. The van der Waals surface area contributed by atoms with Gasteiger partial charge >= 0.3 is 0 Å². The highest BCUT2D eigenvalue weighted by Gasteiger charge is 2.41. The normalized spacial score (nSPS) is 45.5. The summed E-state index contributed by atoms with van der Waals surface area (Å²) in [6, 6.07) is -1.04. The summed E-state index contributed by atoms with van der Waals surface area (Å²) < 4.78 is 4.70. The summed E-state index contributed by atoms with van der Waals surface area (Å²) in [5, 5.41) is 36.1. The van der Waals surface area contributed by atoms with Crippen LogP contribution in [0.3, 0.4) is 0 Å². The van der Waals surface area contributed by atoms with E-state index in [2.05, 4.69) is 0 Å². The van der Waals surface area contributed by atoms with Crippen LogP contribution in [-0.4, -0.2) is 57.7 Å². The van der Waals surface area contributed by atoms with Crippen LogP contribution in [0.5, 0.6) is 0 Å². The molecular weight excluding hydrogens is 246 g/mol. The van der Waals surface area contributed by atoms with Gasteiger partial charge in [-0.25, -0.2) is 0 Å². The Morgan fingerprint density at radius 2 is 1.69 bits per heavy atom. The Morgan fingerprint density at radius 3 is 2.15 bits per heavy atom. The molecule has 0 aliphatic carbocycles. The molecule has 0 aromatic carbocycles. The second-order valence-corrected chi connectivity index (χ2v) is 2.81. The van der Waals surface area contributed by atoms with Gasteiger partial charge in [-0.2, -0.15) is 0 Å². The summed E-state index contributed by atoms with van der Waals surface area (Å²) in [5.41, 5.74) is 5.26. The van der Waals surface area contributed by atoms with Gasteiger partial charge in [-0.3, -0.25) is 0 Å². The van der Waals surface area contributed by atoms with Gasteiger partial charge in [-0.05, 0) is 0 Å². The molecule has 5 atom stereocenters. The van der Waals surface area contributed by atoms with Crippen molar-refractivity contribution in [2.75, 3.05) is 6.61 Å². The number of hydrogen-bond donors (Lipinski definition) is 5. The van der Waals surface area contributed by atoms with E-state index < -0.39 is 37.3 Å². The van der Waals surface area contributed by atoms with Gasteiger partial charge in [0.1, 0.15) is 18.3 Å². The van der Waals surface area contributed by atoms with Crippen molar-refractivity contribution in [3.8, 4) is 0 Å². The van der Waals surface area contributed by atoms with Gasteiger partial charge in [0.25, 0.3) is 0 Å². The molecule has 1 aliphatic heterocycles. The largest absolute Gasteiger partial charge is 0.394 e. The number of aliphatic hydroxyl groups excluding tert-OH is 4. The first kappa shape index (κ1) is 13.2. The average Bonchev–Trinajstić information content (AvgIpc) is 2.08. The molecule has 0 aromatic heterocycles. The van der Waals surface area contributed by atoms with Crippen LogP contribution in [0.15, 0.2) is 0 Å². The molecule has 0 unspecified atom stereocenters. The van der Waals surface area contributed by atoms with Crippen LogP contribution in [0.4, 0.5) is 0 Å². The molecule has 13 heavy (non-hydrogen) atoms. The van der Waals surface area contributed by atoms with E-state index in [1.165, 1.54) is 0 Å². The van der Waals surface area contributed by atoms with Crippen LogP contribution >= 0.6 is 17.0 Å². The molecule has 0 saturated carbocycles. The Bertz CT molecular complexity index is 155. The van der Waals surface area contributed by atoms with Crippen molar-refractivity contribution in [2.24, 2.45) is 5.73 Å². The number of hydrogen-bond acceptors (Lipinski definition) is 6. The SMILES string of the molecule is Br.N[C@@H]1[C@@H](O)[C@H](O)[C@@H](CO)O[C@H]1O. The quantitative estimate of drug-likeness (QED) is 0.351. The lowest BCUT2D eigenvalue weighted by Crippen LogP contribution is -2.61. The van der Waals surface area contributed by atoms with E-state index in [0.717, 1.165) is 0 Å². The van der Waals surface area contributed by atoms with Crippen molar-refractivity contribution in [2.45, 2.75) is 30.6 Å². The minimum Gasteiger partial charge on any atom is -0.394 e. The lowest BCUT2D eigenvalue weighted by molar-refractivity contribution is -0.248. The number of rotatable bonds is 1. The van der Waals surface area contributed by atoms with Crippen molar-refractivity contribution in [3.05, 3.63) is 0 Å². The molecule has 0 spiro atoms. The van der Waals surface area contributed by atoms with E-state index >= 15 is 0 Å². The molecule has 6 nitrogen and oxygen atoms in total. The third kappa shape index (κ3) is 2.59. The van der Waals surface area contributed by atoms with Crippen molar-refractivity contribution in [3.63, 3.8) is 0 Å². The van der Waals surface area contributed by atoms with Crippen molar-refractivity contribution in [1.29, 1.82) is 0 Å². The molecule has 1 fully saturated rings. The fraction of sp³-hybridized carbons (Fsp3) is 1.00. The number of nitrogens with two attached hydrogens (primary N) is 1. The van der Waals surface area contributed by atoms with E-state index in [-0.39, 0.29) is 17.0 Å². The van der Waals surface area contributed by atoms with E-state index in [0.29, 0.717) is 0 Å². The van der Waals surface area contributed by atoms with Gasteiger partial charge in [-0.1, -0.05) is 0 Å². The zero-order valence-electron chi connectivity index (χ0n) is 6.78. The molecule has 0 amide bonds. The number of ether oxygens (including phenoxy) is 1. The van der Waals surface area contributed by atoms with Crippen molar-refractivity contribution >= 4 is 17.0 Å². The fourth-order valence-electron chi connectivity index (χ4n) is 1.12. The average molecular weight is 260 g/mol. The van der Waals surface area contributed by atoms with E-state index in [4.69, 9.17) is 20.7 Å². The molecule has 80 valence electrons. The molecule has 0 bridgehead atoms. The molecule has 0 radical (unpaired) electrons. The molecular formula is C6H14BrNO5. The minimum absolute atomic E-state index is 0. The molecule has 6 N–H and O–H groups in total. The van der Waals surface area contributed by atoms with Gasteiger partial charge < -0.3 is 30.9 Å². The second-order valence-electron chi connectivity index (χ2n) is 2.81. The Labute approximate surface area is 85.7 Å². The molecule has 0 aromatic rings. The van der Waals surface area contributed by atoms with Gasteiger partial charge in [0.2, 0.25) is 0 Å². The maximum atomic E-state index is 9.20. The second kappa shape index (κ2) is 5.20. The Morgan fingerprint density at radius 1 is 1.15 bits per heavy atom. The van der Waals surface area contributed by atoms with Crippen LogP contribution in [-0.2, 0) is 4.74 Å². The lowest BCUT2D eigenvalue weighted by Gasteiger charge is -2.38. The zero-order valence-corrected chi connectivity index (χ0v) is 8.49. The van der Waals surface area contributed by atoms with Gasteiger partial charge in [-0.15, -0.1) is 17.0 Å². The van der Waals surface area contributed by atoms with Crippen molar-refractivity contribution < 1.29 is 25.2 Å². The number of aliphatic hydroxyl groups is 4. The summed E-state index contributed by atoms with van der Waals surface area (Å²) in [4.78, 5) is 0.